The summed E-state index contributed by atoms with van der Waals surface area (Å²) in [6.07, 6.45) is 7.31. The fourth-order valence-electron chi connectivity index (χ4n) is 1.54. The first-order chi connectivity index (χ1) is 6.74. The lowest BCUT2D eigenvalue weighted by Gasteiger charge is -2.24. The first kappa shape index (κ1) is 17.4. The van der Waals surface area contributed by atoms with Crippen LogP contribution in [0.2, 0.25) is 0 Å². The number of rotatable bonds is 9. The van der Waals surface area contributed by atoms with E-state index in [1.807, 2.05) is 0 Å². The standard InChI is InChI=1S/C13H27N.ClH/c1-5-8-10-14(11-9-6-2)12-13(4)7-3;/h7,13H,3,5-6,8-12H2,1-2,4H3;1H. The van der Waals surface area contributed by atoms with Gasteiger partial charge in [-0.05, 0) is 31.8 Å². The molecule has 92 valence electrons. The van der Waals surface area contributed by atoms with E-state index in [0.717, 1.165) is 0 Å². The normalized spacial score (nSPS) is 12.3. The third kappa shape index (κ3) is 10.3. The zero-order valence-electron chi connectivity index (χ0n) is 10.7. The Morgan fingerprint density at radius 2 is 1.60 bits per heavy atom. The van der Waals surface area contributed by atoms with E-state index in [1.54, 1.807) is 0 Å². The molecule has 0 aliphatic heterocycles. The Bertz CT molecular complexity index is 128. The van der Waals surface area contributed by atoms with Crippen LogP contribution in [0.4, 0.5) is 0 Å². The number of nitrogens with zero attached hydrogens (tertiary/aromatic N) is 1. The molecular formula is C13H28ClN. The van der Waals surface area contributed by atoms with E-state index in [1.165, 1.54) is 45.3 Å². The van der Waals surface area contributed by atoms with Crippen molar-refractivity contribution in [2.45, 2.75) is 46.5 Å². The van der Waals surface area contributed by atoms with Crippen molar-refractivity contribution >= 4 is 12.4 Å². The molecule has 2 heteroatoms. The van der Waals surface area contributed by atoms with Crippen molar-refractivity contribution in [2.24, 2.45) is 5.92 Å². The van der Waals surface area contributed by atoms with Crippen LogP contribution in [0.25, 0.3) is 0 Å². The van der Waals surface area contributed by atoms with Crippen molar-refractivity contribution in [2.75, 3.05) is 19.6 Å². The molecule has 0 saturated heterocycles. The summed E-state index contributed by atoms with van der Waals surface area (Å²) in [7, 11) is 0. The summed E-state index contributed by atoms with van der Waals surface area (Å²) in [6.45, 7) is 14.3. The fraction of sp³-hybridized carbons (Fsp3) is 0.846. The molecule has 0 aliphatic carbocycles. The molecule has 0 aromatic carbocycles. The van der Waals surface area contributed by atoms with Crippen LogP contribution in [0.3, 0.4) is 0 Å². The van der Waals surface area contributed by atoms with E-state index in [9.17, 15) is 0 Å². The lowest BCUT2D eigenvalue weighted by atomic mass is 10.1. The molecule has 0 aromatic heterocycles. The van der Waals surface area contributed by atoms with Gasteiger partial charge in [-0.1, -0.05) is 39.7 Å². The van der Waals surface area contributed by atoms with Gasteiger partial charge in [0.2, 0.25) is 0 Å². The third-order valence-corrected chi connectivity index (χ3v) is 2.60. The van der Waals surface area contributed by atoms with Crippen molar-refractivity contribution in [3.8, 4) is 0 Å². The van der Waals surface area contributed by atoms with Gasteiger partial charge in [0.1, 0.15) is 0 Å². The number of hydrogen-bond acceptors (Lipinski definition) is 1. The maximum Gasteiger partial charge on any atom is 0.00416 e. The minimum Gasteiger partial charge on any atom is -0.303 e. The highest BCUT2D eigenvalue weighted by molar-refractivity contribution is 5.85. The Balaban J connectivity index is 0. The molecule has 0 fully saturated rings. The molecule has 0 aliphatic rings. The fourth-order valence-corrected chi connectivity index (χ4v) is 1.54. The molecule has 0 aromatic rings. The maximum atomic E-state index is 3.85. The van der Waals surface area contributed by atoms with Crippen molar-refractivity contribution in [1.82, 2.24) is 4.90 Å². The van der Waals surface area contributed by atoms with Crippen LogP contribution in [0.15, 0.2) is 12.7 Å². The van der Waals surface area contributed by atoms with Crippen LogP contribution < -0.4 is 0 Å². The van der Waals surface area contributed by atoms with Crippen LogP contribution in [0, 0.1) is 5.92 Å². The van der Waals surface area contributed by atoms with Gasteiger partial charge >= 0.3 is 0 Å². The van der Waals surface area contributed by atoms with E-state index >= 15 is 0 Å². The van der Waals surface area contributed by atoms with Gasteiger partial charge in [-0.3, -0.25) is 0 Å². The van der Waals surface area contributed by atoms with Gasteiger partial charge in [0.15, 0.2) is 0 Å². The summed E-state index contributed by atoms with van der Waals surface area (Å²) in [5, 5.41) is 0. The molecule has 0 bridgehead atoms. The van der Waals surface area contributed by atoms with E-state index in [2.05, 4.69) is 38.3 Å². The van der Waals surface area contributed by atoms with Gasteiger partial charge in [0, 0.05) is 6.54 Å². The van der Waals surface area contributed by atoms with Crippen molar-refractivity contribution < 1.29 is 0 Å². The average Bonchev–Trinajstić information content (AvgIpc) is 2.21. The highest BCUT2D eigenvalue weighted by Gasteiger charge is 2.06. The Kier molecular flexibility index (Phi) is 14.0. The van der Waals surface area contributed by atoms with E-state index in [0.29, 0.717) is 5.92 Å². The number of unbranched alkanes of at least 4 members (excludes halogenated alkanes) is 2. The monoisotopic (exact) mass is 233 g/mol. The van der Waals surface area contributed by atoms with Gasteiger partial charge in [-0.15, -0.1) is 19.0 Å². The van der Waals surface area contributed by atoms with Crippen molar-refractivity contribution in [1.29, 1.82) is 0 Å². The molecule has 0 rings (SSSR count). The van der Waals surface area contributed by atoms with E-state index in [4.69, 9.17) is 0 Å². The molecule has 0 spiro atoms. The molecule has 0 heterocycles. The van der Waals surface area contributed by atoms with Crippen LogP contribution in [0.5, 0.6) is 0 Å². The average molecular weight is 234 g/mol. The summed E-state index contributed by atoms with van der Waals surface area (Å²) >= 11 is 0. The second-order valence-electron chi connectivity index (χ2n) is 4.22. The lowest BCUT2D eigenvalue weighted by Crippen LogP contribution is -2.30. The Morgan fingerprint density at radius 1 is 1.13 bits per heavy atom. The van der Waals surface area contributed by atoms with Gasteiger partial charge in [-0.25, -0.2) is 0 Å². The molecule has 1 nitrogen and oxygen atoms in total. The van der Waals surface area contributed by atoms with Crippen LogP contribution in [0.1, 0.15) is 46.5 Å². The minimum absolute atomic E-state index is 0. The van der Waals surface area contributed by atoms with E-state index in [-0.39, 0.29) is 12.4 Å². The predicted molar refractivity (Wildman–Crippen MR) is 72.9 cm³/mol. The summed E-state index contributed by atoms with van der Waals surface area (Å²) in [5.74, 6) is 0.628. The topological polar surface area (TPSA) is 3.24 Å². The quantitative estimate of drug-likeness (QED) is 0.542. The zero-order valence-corrected chi connectivity index (χ0v) is 11.5. The number of hydrogen-bond donors (Lipinski definition) is 0. The van der Waals surface area contributed by atoms with Crippen molar-refractivity contribution in [3.05, 3.63) is 12.7 Å². The summed E-state index contributed by atoms with van der Waals surface area (Å²) in [5.41, 5.74) is 0. The van der Waals surface area contributed by atoms with Gasteiger partial charge in [0.05, 0.1) is 0 Å². The zero-order chi connectivity index (χ0) is 10.8. The highest BCUT2D eigenvalue weighted by atomic mass is 35.5. The van der Waals surface area contributed by atoms with Gasteiger partial charge in [-0.2, -0.15) is 0 Å². The maximum absolute atomic E-state index is 3.85. The van der Waals surface area contributed by atoms with Gasteiger partial charge < -0.3 is 4.90 Å². The van der Waals surface area contributed by atoms with Crippen LogP contribution in [-0.2, 0) is 0 Å². The molecule has 15 heavy (non-hydrogen) atoms. The third-order valence-electron chi connectivity index (χ3n) is 2.60. The highest BCUT2D eigenvalue weighted by Crippen LogP contribution is 2.04. The predicted octanol–water partition coefficient (Wildman–Crippen LogP) is 4.13. The molecule has 1 unspecified atom stereocenters. The molecule has 0 N–H and O–H groups in total. The molecule has 1 atom stereocenters. The Labute approximate surface area is 102 Å². The van der Waals surface area contributed by atoms with Gasteiger partial charge in [0.25, 0.3) is 0 Å². The lowest BCUT2D eigenvalue weighted by molar-refractivity contribution is 0.246. The largest absolute Gasteiger partial charge is 0.303 e. The molecular weight excluding hydrogens is 206 g/mol. The smallest absolute Gasteiger partial charge is 0.00416 e. The first-order valence-electron chi connectivity index (χ1n) is 6.09. The molecule has 0 radical (unpaired) electrons. The second kappa shape index (κ2) is 12.1. The minimum atomic E-state index is 0. The Hall–Kier alpha value is -0.0100. The molecule has 0 amide bonds. The van der Waals surface area contributed by atoms with Crippen LogP contribution in [-0.4, -0.2) is 24.5 Å². The van der Waals surface area contributed by atoms with Crippen molar-refractivity contribution in [3.63, 3.8) is 0 Å². The summed E-state index contributed by atoms with van der Waals surface area (Å²) in [6, 6.07) is 0. The molecule has 0 saturated carbocycles. The SMILES string of the molecule is C=CC(C)CN(CCCC)CCCC.Cl. The Morgan fingerprint density at radius 3 is 1.93 bits per heavy atom. The second-order valence-corrected chi connectivity index (χ2v) is 4.22. The van der Waals surface area contributed by atoms with E-state index < -0.39 is 0 Å². The number of halogens is 1. The first-order valence-corrected chi connectivity index (χ1v) is 6.09. The summed E-state index contributed by atoms with van der Waals surface area (Å²) < 4.78 is 0. The summed E-state index contributed by atoms with van der Waals surface area (Å²) in [4.78, 5) is 2.58. The van der Waals surface area contributed by atoms with Crippen LogP contribution >= 0.6 is 12.4 Å².